The summed E-state index contributed by atoms with van der Waals surface area (Å²) < 4.78 is 6.42. The Hall–Kier alpha value is -3.08. The van der Waals surface area contributed by atoms with Crippen molar-refractivity contribution < 1.29 is 9.53 Å². The fourth-order valence-corrected chi connectivity index (χ4v) is 4.82. The van der Waals surface area contributed by atoms with Crippen LogP contribution in [0, 0.1) is 0 Å². The first-order chi connectivity index (χ1) is 15.7. The lowest BCUT2D eigenvalue weighted by Gasteiger charge is -2.25. The van der Waals surface area contributed by atoms with Crippen LogP contribution in [-0.4, -0.2) is 57.4 Å². The predicted molar refractivity (Wildman–Crippen MR) is 129 cm³/mol. The van der Waals surface area contributed by atoms with Gasteiger partial charge in [-0.05, 0) is 31.0 Å². The van der Waals surface area contributed by atoms with Gasteiger partial charge in [-0.15, -0.1) is 12.4 Å². The molecular formula is C22H22ClN7O2S. The van der Waals surface area contributed by atoms with Crippen molar-refractivity contribution in [2.45, 2.75) is 18.8 Å². The van der Waals surface area contributed by atoms with Gasteiger partial charge in [-0.1, -0.05) is 17.4 Å². The summed E-state index contributed by atoms with van der Waals surface area (Å²) in [5.74, 6) is 0.116. The Morgan fingerprint density at radius 3 is 2.79 bits per heavy atom. The number of fused-ring (bicyclic) bond motifs is 1. The van der Waals surface area contributed by atoms with E-state index >= 15 is 0 Å². The van der Waals surface area contributed by atoms with Crippen LogP contribution in [0.25, 0.3) is 21.6 Å². The Morgan fingerprint density at radius 1 is 1.18 bits per heavy atom. The molecule has 1 amide bonds. The number of nitrogens with zero attached hydrogens (tertiary/aromatic N) is 5. The summed E-state index contributed by atoms with van der Waals surface area (Å²) in [7, 11) is 0. The van der Waals surface area contributed by atoms with Gasteiger partial charge in [-0.3, -0.25) is 9.89 Å². The van der Waals surface area contributed by atoms with Crippen LogP contribution >= 0.6 is 23.7 Å². The molecule has 4 aromatic heterocycles. The first-order valence-electron chi connectivity index (χ1n) is 10.7. The Labute approximate surface area is 200 Å². The number of carbonyl (C=O) groups is 1. The number of pyridine rings is 2. The van der Waals surface area contributed by atoms with Gasteiger partial charge in [0.1, 0.15) is 5.69 Å². The van der Waals surface area contributed by atoms with Gasteiger partial charge in [0.2, 0.25) is 0 Å². The number of ether oxygens (including phenoxy) is 1. The van der Waals surface area contributed by atoms with E-state index in [0.29, 0.717) is 30.5 Å². The second kappa shape index (κ2) is 9.05. The molecule has 33 heavy (non-hydrogen) atoms. The first-order valence-corrected chi connectivity index (χ1v) is 11.5. The highest BCUT2D eigenvalue weighted by Gasteiger charge is 2.30. The maximum absolute atomic E-state index is 13.1. The number of morpholine rings is 1. The van der Waals surface area contributed by atoms with Crippen molar-refractivity contribution in [3.63, 3.8) is 0 Å². The van der Waals surface area contributed by atoms with Crippen LogP contribution in [0.1, 0.15) is 34.9 Å². The zero-order valence-electron chi connectivity index (χ0n) is 17.7. The van der Waals surface area contributed by atoms with Gasteiger partial charge >= 0.3 is 0 Å². The molecule has 11 heteroatoms. The third kappa shape index (κ3) is 4.41. The molecule has 1 aliphatic heterocycles. The lowest BCUT2D eigenvalue weighted by atomic mass is 10.2. The highest BCUT2D eigenvalue weighted by atomic mass is 35.5. The van der Waals surface area contributed by atoms with Crippen LogP contribution in [0.5, 0.6) is 0 Å². The summed E-state index contributed by atoms with van der Waals surface area (Å²) in [6.07, 6.45) is 5.60. The third-order valence-electron chi connectivity index (χ3n) is 5.67. The minimum atomic E-state index is -0.253. The number of nitrogens with one attached hydrogen (secondary N) is 2. The maximum atomic E-state index is 13.1. The van der Waals surface area contributed by atoms with Crippen molar-refractivity contribution in [1.29, 1.82) is 0 Å². The van der Waals surface area contributed by atoms with Crippen molar-refractivity contribution in [3.8, 4) is 11.3 Å². The molecule has 0 unspecified atom stereocenters. The molecule has 1 saturated heterocycles. The van der Waals surface area contributed by atoms with E-state index in [1.807, 2.05) is 18.2 Å². The zero-order chi connectivity index (χ0) is 21.5. The van der Waals surface area contributed by atoms with E-state index in [-0.39, 0.29) is 18.3 Å². The number of halogens is 1. The summed E-state index contributed by atoms with van der Waals surface area (Å²) in [4.78, 5) is 29.4. The lowest BCUT2D eigenvalue weighted by molar-refractivity contribution is 0.102. The Bertz CT molecular complexity index is 1280. The molecule has 170 valence electrons. The summed E-state index contributed by atoms with van der Waals surface area (Å²) in [5.41, 5.74) is 4.29. The minimum absolute atomic E-state index is 0. The van der Waals surface area contributed by atoms with E-state index in [1.165, 1.54) is 0 Å². The monoisotopic (exact) mass is 483 g/mol. The van der Waals surface area contributed by atoms with Gasteiger partial charge in [-0.2, -0.15) is 10.1 Å². The number of anilines is 2. The van der Waals surface area contributed by atoms with Crippen LogP contribution in [0.15, 0.2) is 36.7 Å². The Morgan fingerprint density at radius 2 is 2.03 bits per heavy atom. The van der Waals surface area contributed by atoms with Crippen molar-refractivity contribution in [1.82, 2.24) is 25.1 Å². The molecule has 9 nitrogen and oxygen atoms in total. The van der Waals surface area contributed by atoms with Crippen LogP contribution in [0.2, 0.25) is 0 Å². The quantitative estimate of drug-likeness (QED) is 0.443. The van der Waals surface area contributed by atoms with Gasteiger partial charge in [0, 0.05) is 30.8 Å². The molecule has 4 aromatic rings. The van der Waals surface area contributed by atoms with E-state index in [4.69, 9.17) is 14.7 Å². The van der Waals surface area contributed by atoms with Crippen LogP contribution < -0.4 is 10.2 Å². The molecule has 2 fully saturated rings. The standard InChI is InChI=1S/C22H21N7O2S.ClH/c30-21(16-3-1-2-15(25-16)14-11-23-24-12-14)26-17-10-18-20(27-19(17)13-4-5-13)28-22(32-18)29-6-8-31-9-7-29;/h1-3,10-13H,4-9H2,(H,23,24)(H,26,30);1H. The summed E-state index contributed by atoms with van der Waals surface area (Å²) in [6, 6.07) is 7.40. The number of carbonyl (C=O) groups excluding carboxylic acids is 1. The van der Waals surface area contributed by atoms with Gasteiger partial charge < -0.3 is 15.0 Å². The van der Waals surface area contributed by atoms with E-state index in [1.54, 1.807) is 29.8 Å². The molecule has 0 atom stereocenters. The first kappa shape index (κ1) is 21.7. The Balaban J connectivity index is 0.00000228. The molecule has 0 aromatic carbocycles. The van der Waals surface area contributed by atoms with Crippen LogP contribution in [0.3, 0.4) is 0 Å². The van der Waals surface area contributed by atoms with E-state index in [0.717, 1.165) is 58.4 Å². The molecule has 6 rings (SSSR count). The molecule has 0 radical (unpaired) electrons. The van der Waals surface area contributed by atoms with Gasteiger partial charge in [0.05, 0.1) is 41.2 Å². The number of aromatic amines is 1. The van der Waals surface area contributed by atoms with E-state index in [9.17, 15) is 4.79 Å². The fraction of sp³-hybridized carbons (Fsp3) is 0.318. The average Bonchev–Trinajstić information content (AvgIpc) is 3.36. The average molecular weight is 484 g/mol. The van der Waals surface area contributed by atoms with Crippen molar-refractivity contribution in [2.75, 3.05) is 36.5 Å². The molecule has 1 aliphatic carbocycles. The number of amides is 1. The number of hydrogen-bond donors (Lipinski definition) is 2. The number of H-pyrrole nitrogens is 1. The molecule has 5 heterocycles. The number of hydrogen-bond acceptors (Lipinski definition) is 8. The van der Waals surface area contributed by atoms with Crippen molar-refractivity contribution >= 4 is 50.8 Å². The smallest absolute Gasteiger partial charge is 0.274 e. The fourth-order valence-electron chi connectivity index (χ4n) is 3.82. The maximum Gasteiger partial charge on any atom is 0.274 e. The highest BCUT2D eigenvalue weighted by molar-refractivity contribution is 7.22. The Kier molecular flexibility index (Phi) is 5.96. The SMILES string of the molecule is Cl.O=C(Nc1cc2sc(N3CCOCC3)nc2nc1C1CC1)c1cccc(-c2cn[nH]c2)n1. The van der Waals surface area contributed by atoms with Gasteiger partial charge in [0.15, 0.2) is 10.8 Å². The van der Waals surface area contributed by atoms with Gasteiger partial charge in [0.25, 0.3) is 5.91 Å². The summed E-state index contributed by atoms with van der Waals surface area (Å²) >= 11 is 1.60. The van der Waals surface area contributed by atoms with Gasteiger partial charge in [-0.25, -0.2) is 9.97 Å². The van der Waals surface area contributed by atoms with Crippen LogP contribution in [-0.2, 0) is 4.74 Å². The van der Waals surface area contributed by atoms with E-state index in [2.05, 4.69) is 25.4 Å². The molecule has 2 aliphatic rings. The van der Waals surface area contributed by atoms with Crippen molar-refractivity contribution in [2.24, 2.45) is 0 Å². The second-order valence-electron chi connectivity index (χ2n) is 7.96. The largest absolute Gasteiger partial charge is 0.378 e. The summed E-state index contributed by atoms with van der Waals surface area (Å²) in [6.45, 7) is 3.08. The van der Waals surface area contributed by atoms with Crippen LogP contribution in [0.4, 0.5) is 10.8 Å². The highest BCUT2D eigenvalue weighted by Crippen LogP contribution is 2.44. The molecule has 0 bridgehead atoms. The topological polar surface area (TPSA) is 109 Å². The molecule has 0 spiro atoms. The second-order valence-corrected chi connectivity index (χ2v) is 8.97. The molecule has 1 saturated carbocycles. The normalized spacial score (nSPS) is 15.9. The minimum Gasteiger partial charge on any atom is -0.378 e. The third-order valence-corrected chi connectivity index (χ3v) is 6.72. The lowest BCUT2D eigenvalue weighted by Crippen LogP contribution is -2.36. The number of rotatable bonds is 5. The summed E-state index contributed by atoms with van der Waals surface area (Å²) in [5, 5.41) is 10.7. The van der Waals surface area contributed by atoms with E-state index < -0.39 is 0 Å². The molecule has 2 N–H and O–H groups in total. The molecular weight excluding hydrogens is 462 g/mol. The predicted octanol–water partition coefficient (Wildman–Crippen LogP) is 3.86. The number of thiazole rings is 1. The zero-order valence-corrected chi connectivity index (χ0v) is 19.3. The number of aromatic nitrogens is 5. The van der Waals surface area contributed by atoms with Crippen molar-refractivity contribution in [3.05, 3.63) is 48.0 Å².